The first-order valence-corrected chi connectivity index (χ1v) is 9.68. The Labute approximate surface area is 163 Å². The van der Waals surface area contributed by atoms with Crippen molar-refractivity contribution in [2.24, 2.45) is 0 Å². The van der Waals surface area contributed by atoms with E-state index in [9.17, 15) is 5.11 Å². The number of fused-ring (bicyclic) bond motifs is 2. The molecule has 0 spiro atoms. The van der Waals surface area contributed by atoms with Crippen molar-refractivity contribution in [2.45, 2.75) is 32.2 Å². The molecule has 0 amide bonds. The summed E-state index contributed by atoms with van der Waals surface area (Å²) in [4.78, 5) is 7.09. The molecule has 1 aromatic carbocycles. The van der Waals surface area contributed by atoms with E-state index in [0.717, 1.165) is 56.0 Å². The highest BCUT2D eigenvalue weighted by Crippen LogP contribution is 2.31. The molecule has 0 unspecified atom stereocenters. The van der Waals surface area contributed by atoms with Crippen LogP contribution in [-0.4, -0.2) is 44.9 Å². The molecular weight excluding hydrogens is 356 g/mol. The zero-order valence-corrected chi connectivity index (χ0v) is 15.8. The zero-order valence-electron chi connectivity index (χ0n) is 15.8. The fourth-order valence-electron chi connectivity index (χ4n) is 4.09. The van der Waals surface area contributed by atoms with Gasteiger partial charge in [0.1, 0.15) is 5.75 Å². The SMILES string of the molecule is C[C@@H](c1cnc2c(c1)OCC2)N1CCc2ccc(-c3nnc(O)o3)cc2CC1. The lowest BCUT2D eigenvalue weighted by Gasteiger charge is -2.27. The monoisotopic (exact) mass is 378 g/mol. The quantitative estimate of drug-likeness (QED) is 0.750. The summed E-state index contributed by atoms with van der Waals surface area (Å²) in [5.74, 6) is 1.29. The Hall–Kier alpha value is -2.93. The summed E-state index contributed by atoms with van der Waals surface area (Å²) in [5, 5.41) is 16.7. The number of benzene rings is 1. The summed E-state index contributed by atoms with van der Waals surface area (Å²) in [6.07, 6.45) is 4.43. The van der Waals surface area contributed by atoms with Crippen LogP contribution < -0.4 is 4.74 Å². The van der Waals surface area contributed by atoms with Crippen molar-refractivity contribution in [1.82, 2.24) is 20.1 Å². The predicted molar refractivity (Wildman–Crippen MR) is 102 cm³/mol. The summed E-state index contributed by atoms with van der Waals surface area (Å²) < 4.78 is 10.8. The minimum atomic E-state index is -0.406. The van der Waals surface area contributed by atoms with Gasteiger partial charge in [0.15, 0.2) is 0 Å². The Kier molecular flexibility index (Phi) is 4.24. The van der Waals surface area contributed by atoms with Gasteiger partial charge in [0.05, 0.1) is 12.3 Å². The average molecular weight is 378 g/mol. The number of aromatic hydroxyl groups is 1. The van der Waals surface area contributed by atoms with Crippen LogP contribution in [0.1, 0.15) is 35.3 Å². The highest BCUT2D eigenvalue weighted by molar-refractivity contribution is 5.56. The highest BCUT2D eigenvalue weighted by Gasteiger charge is 2.23. The molecule has 0 aliphatic carbocycles. The van der Waals surface area contributed by atoms with E-state index in [1.54, 1.807) is 0 Å². The van der Waals surface area contributed by atoms with Crippen molar-refractivity contribution >= 4 is 0 Å². The van der Waals surface area contributed by atoms with E-state index in [1.165, 1.54) is 16.7 Å². The van der Waals surface area contributed by atoms with E-state index in [1.807, 2.05) is 12.3 Å². The molecule has 0 saturated carbocycles. The number of nitrogens with zero attached hydrogens (tertiary/aromatic N) is 4. The third-order valence-electron chi connectivity index (χ3n) is 5.78. The van der Waals surface area contributed by atoms with Crippen LogP contribution in [0.4, 0.5) is 0 Å². The molecule has 144 valence electrons. The molecule has 0 fully saturated rings. The van der Waals surface area contributed by atoms with Gasteiger partial charge in [0.2, 0.25) is 0 Å². The van der Waals surface area contributed by atoms with Gasteiger partial charge in [0.25, 0.3) is 5.89 Å². The van der Waals surface area contributed by atoms with Crippen molar-refractivity contribution in [3.8, 4) is 23.3 Å². The fourth-order valence-corrected chi connectivity index (χ4v) is 4.09. The topological polar surface area (TPSA) is 84.5 Å². The van der Waals surface area contributed by atoms with Crippen molar-refractivity contribution in [2.75, 3.05) is 19.7 Å². The summed E-state index contributed by atoms with van der Waals surface area (Å²) in [5.41, 5.74) is 5.75. The number of hydrogen-bond acceptors (Lipinski definition) is 7. The highest BCUT2D eigenvalue weighted by atomic mass is 16.5. The lowest BCUT2D eigenvalue weighted by Crippen LogP contribution is -2.29. The summed E-state index contributed by atoms with van der Waals surface area (Å²) in [6.45, 7) is 4.93. The fraction of sp³-hybridized carbons (Fsp3) is 0.381. The molecule has 7 nitrogen and oxygen atoms in total. The van der Waals surface area contributed by atoms with Crippen LogP contribution in [0.5, 0.6) is 11.8 Å². The standard InChI is InChI=1S/C21H22N4O3/c1-13(17-11-19-18(22-12-17)6-9-27-19)25-7-4-14-2-3-16(10-15(14)5-8-25)20-23-24-21(26)28-20/h2-3,10-13H,4-9H2,1H3,(H,24,26)/t13-/m0/s1. The van der Waals surface area contributed by atoms with E-state index in [-0.39, 0.29) is 6.04 Å². The summed E-state index contributed by atoms with van der Waals surface area (Å²) in [6, 6.07) is 8.64. The van der Waals surface area contributed by atoms with Crippen molar-refractivity contribution < 1.29 is 14.3 Å². The molecular formula is C21H22N4O3. The largest absolute Gasteiger partial charge is 0.491 e. The molecule has 7 heteroatoms. The van der Waals surface area contributed by atoms with Gasteiger partial charge in [-0.3, -0.25) is 9.88 Å². The molecule has 1 atom stereocenters. The van der Waals surface area contributed by atoms with E-state index in [4.69, 9.17) is 9.15 Å². The number of rotatable bonds is 3. The number of ether oxygens (including phenoxy) is 1. The van der Waals surface area contributed by atoms with Gasteiger partial charge in [0, 0.05) is 37.3 Å². The van der Waals surface area contributed by atoms with Crippen LogP contribution in [0, 0.1) is 0 Å². The molecule has 0 bridgehead atoms. The van der Waals surface area contributed by atoms with Crippen molar-refractivity contribution in [1.29, 1.82) is 0 Å². The molecule has 4 heterocycles. The van der Waals surface area contributed by atoms with Gasteiger partial charge in [-0.15, -0.1) is 5.10 Å². The third kappa shape index (κ3) is 3.11. The summed E-state index contributed by atoms with van der Waals surface area (Å²) >= 11 is 0. The maximum atomic E-state index is 9.30. The minimum absolute atomic E-state index is 0.281. The Morgan fingerprint density at radius 2 is 1.93 bits per heavy atom. The van der Waals surface area contributed by atoms with Gasteiger partial charge < -0.3 is 14.3 Å². The Bertz CT molecular complexity index is 1020. The van der Waals surface area contributed by atoms with Gasteiger partial charge in [-0.1, -0.05) is 11.2 Å². The second kappa shape index (κ2) is 6.91. The first kappa shape index (κ1) is 17.2. The average Bonchev–Trinajstić information content (AvgIpc) is 3.30. The Morgan fingerprint density at radius 1 is 1.07 bits per heavy atom. The number of aromatic nitrogens is 3. The lowest BCUT2D eigenvalue weighted by atomic mass is 10.00. The first-order valence-electron chi connectivity index (χ1n) is 9.68. The smallest absolute Gasteiger partial charge is 0.412 e. The maximum absolute atomic E-state index is 9.30. The van der Waals surface area contributed by atoms with Crippen LogP contribution in [-0.2, 0) is 19.3 Å². The molecule has 28 heavy (non-hydrogen) atoms. The zero-order chi connectivity index (χ0) is 19.1. The second-order valence-electron chi connectivity index (χ2n) is 7.40. The van der Waals surface area contributed by atoms with Crippen LogP contribution in [0.15, 0.2) is 34.9 Å². The molecule has 2 aliphatic rings. The lowest BCUT2D eigenvalue weighted by molar-refractivity contribution is 0.220. The van der Waals surface area contributed by atoms with Crippen molar-refractivity contribution in [3.05, 3.63) is 52.8 Å². The molecule has 0 saturated heterocycles. The second-order valence-corrected chi connectivity index (χ2v) is 7.40. The number of hydrogen-bond donors (Lipinski definition) is 1. The molecule has 2 aromatic heterocycles. The van der Waals surface area contributed by atoms with Gasteiger partial charge >= 0.3 is 6.08 Å². The van der Waals surface area contributed by atoms with Crippen molar-refractivity contribution in [3.63, 3.8) is 0 Å². The van der Waals surface area contributed by atoms with E-state index in [2.05, 4.69) is 45.2 Å². The van der Waals surface area contributed by atoms with E-state index < -0.39 is 6.08 Å². The van der Waals surface area contributed by atoms with Crippen LogP contribution >= 0.6 is 0 Å². The van der Waals surface area contributed by atoms with E-state index in [0.29, 0.717) is 5.89 Å². The third-order valence-corrected chi connectivity index (χ3v) is 5.78. The van der Waals surface area contributed by atoms with Crippen LogP contribution in [0.25, 0.3) is 11.5 Å². The predicted octanol–water partition coefficient (Wildman–Crippen LogP) is 2.93. The first-order chi connectivity index (χ1) is 13.7. The molecule has 1 N–H and O–H groups in total. The molecule has 2 aliphatic heterocycles. The maximum Gasteiger partial charge on any atom is 0.412 e. The van der Waals surface area contributed by atoms with Crippen LogP contribution in [0.3, 0.4) is 0 Å². The number of pyridine rings is 1. The Morgan fingerprint density at radius 3 is 2.75 bits per heavy atom. The molecule has 3 aromatic rings. The summed E-state index contributed by atoms with van der Waals surface area (Å²) in [7, 11) is 0. The normalized spacial score (nSPS) is 17.5. The van der Waals surface area contributed by atoms with Crippen LogP contribution in [0.2, 0.25) is 0 Å². The molecule has 5 rings (SSSR count). The van der Waals surface area contributed by atoms with E-state index >= 15 is 0 Å². The van der Waals surface area contributed by atoms with Gasteiger partial charge in [-0.25, -0.2) is 0 Å². The van der Waals surface area contributed by atoms with Gasteiger partial charge in [-0.2, -0.15) is 0 Å². The van der Waals surface area contributed by atoms with Gasteiger partial charge in [-0.05, 0) is 54.7 Å². The molecule has 0 radical (unpaired) electrons. The Balaban J connectivity index is 1.34. The minimum Gasteiger partial charge on any atom is -0.491 e.